The van der Waals surface area contributed by atoms with Crippen molar-refractivity contribution in [2.45, 2.75) is 80.3 Å². The molecule has 1 aromatic rings. The predicted molar refractivity (Wildman–Crippen MR) is 121 cm³/mol. The van der Waals surface area contributed by atoms with Crippen LogP contribution in [0.4, 0.5) is 0 Å². The van der Waals surface area contributed by atoms with Gasteiger partial charge in [0.15, 0.2) is 0 Å². The number of aromatic nitrogens is 1. The summed E-state index contributed by atoms with van der Waals surface area (Å²) in [5, 5.41) is 0. The Morgan fingerprint density at radius 1 is 1.19 bits per heavy atom. The first-order valence-corrected chi connectivity index (χ1v) is 10.4. The zero-order chi connectivity index (χ0) is 20.4. The highest BCUT2D eigenvalue weighted by Crippen LogP contribution is 2.27. The second kappa shape index (κ2) is 11.8. The van der Waals surface area contributed by atoms with Gasteiger partial charge in [-0.2, -0.15) is 0 Å². The van der Waals surface area contributed by atoms with Crippen LogP contribution in [0.1, 0.15) is 84.2 Å². The lowest BCUT2D eigenvalue weighted by Gasteiger charge is -2.14. The number of rotatable bonds is 10. The first-order valence-electron chi connectivity index (χ1n) is 10.4. The number of allylic oxidation sites excluding steroid dienone is 6. The molecule has 0 spiro atoms. The summed E-state index contributed by atoms with van der Waals surface area (Å²) in [5.41, 5.74) is 8.91. The molecular weight excluding hydrogens is 330 g/mol. The Morgan fingerprint density at radius 3 is 2.44 bits per heavy atom. The summed E-state index contributed by atoms with van der Waals surface area (Å²) in [5.74, 6) is 0. The molecule has 2 heteroatoms. The third-order valence-corrected chi connectivity index (χ3v) is 5.21. The quantitative estimate of drug-likeness (QED) is 0.421. The maximum absolute atomic E-state index is 5.57. The molecule has 0 saturated carbocycles. The van der Waals surface area contributed by atoms with Crippen LogP contribution < -0.4 is 0 Å². The summed E-state index contributed by atoms with van der Waals surface area (Å²) in [6.45, 7) is 15.3. The van der Waals surface area contributed by atoms with Gasteiger partial charge in [-0.25, -0.2) is 0 Å². The Bertz CT molecular complexity index is 713. The van der Waals surface area contributed by atoms with Gasteiger partial charge in [-0.15, -0.1) is 0 Å². The molecule has 1 unspecified atom stereocenters. The summed E-state index contributed by atoms with van der Waals surface area (Å²) in [6.07, 6.45) is 13.6. The molecule has 0 saturated heterocycles. The van der Waals surface area contributed by atoms with Crippen LogP contribution >= 0.6 is 0 Å². The molecule has 2 nitrogen and oxygen atoms in total. The predicted octanol–water partition coefficient (Wildman–Crippen LogP) is 7.64. The maximum Gasteiger partial charge on any atom is 0.0759 e. The van der Waals surface area contributed by atoms with Gasteiger partial charge in [0.1, 0.15) is 0 Å². The lowest BCUT2D eigenvalue weighted by molar-refractivity contribution is 0.147. The van der Waals surface area contributed by atoms with Crippen LogP contribution in [0.15, 0.2) is 41.0 Å². The van der Waals surface area contributed by atoms with Crippen LogP contribution in [0.25, 0.3) is 11.6 Å². The summed E-state index contributed by atoms with van der Waals surface area (Å²) in [4.78, 5) is 3.60. The monoisotopic (exact) mass is 369 g/mol. The zero-order valence-electron chi connectivity index (χ0n) is 18.7. The van der Waals surface area contributed by atoms with Crippen molar-refractivity contribution in [1.29, 1.82) is 0 Å². The molecular formula is C25H39NO. The first-order chi connectivity index (χ1) is 12.9. The van der Waals surface area contributed by atoms with Gasteiger partial charge in [0.2, 0.25) is 0 Å². The molecule has 0 fully saturated rings. The van der Waals surface area contributed by atoms with Crippen LogP contribution in [0.3, 0.4) is 0 Å². The maximum atomic E-state index is 5.57. The molecule has 0 bridgehead atoms. The lowest BCUT2D eigenvalue weighted by Crippen LogP contribution is -2.08. The molecule has 1 aromatic heterocycles. The Kier molecular flexibility index (Phi) is 10.2. The average molecular weight is 370 g/mol. The number of nitrogens with one attached hydrogen (secondary N) is 1. The number of ether oxygens (including phenoxy) is 1. The fourth-order valence-corrected chi connectivity index (χ4v) is 2.93. The van der Waals surface area contributed by atoms with Gasteiger partial charge in [-0.1, -0.05) is 51.0 Å². The van der Waals surface area contributed by atoms with E-state index in [0.29, 0.717) is 0 Å². The van der Waals surface area contributed by atoms with E-state index in [0.717, 1.165) is 25.7 Å². The third-order valence-electron chi connectivity index (χ3n) is 5.21. The van der Waals surface area contributed by atoms with Crippen molar-refractivity contribution in [3.05, 3.63) is 58.0 Å². The number of aryl methyl sites for hydroxylation is 1. The molecule has 0 amide bonds. The van der Waals surface area contributed by atoms with E-state index in [1.807, 2.05) is 0 Å². The number of aromatic amines is 1. The van der Waals surface area contributed by atoms with Gasteiger partial charge in [0, 0.05) is 18.5 Å². The second-order valence-corrected chi connectivity index (χ2v) is 7.35. The minimum absolute atomic E-state index is 0.0928. The van der Waals surface area contributed by atoms with E-state index in [9.17, 15) is 0 Å². The summed E-state index contributed by atoms with van der Waals surface area (Å²) >= 11 is 0. The van der Waals surface area contributed by atoms with Crippen molar-refractivity contribution in [3.63, 3.8) is 0 Å². The minimum atomic E-state index is 0.0928. The zero-order valence-corrected chi connectivity index (χ0v) is 18.7. The van der Waals surface area contributed by atoms with Gasteiger partial charge in [-0.05, 0) is 81.4 Å². The van der Waals surface area contributed by atoms with E-state index in [1.165, 1.54) is 39.2 Å². The first kappa shape index (κ1) is 23.2. The van der Waals surface area contributed by atoms with E-state index in [4.69, 9.17) is 4.74 Å². The van der Waals surface area contributed by atoms with Gasteiger partial charge >= 0.3 is 0 Å². The fourth-order valence-electron chi connectivity index (χ4n) is 2.93. The Balaban J connectivity index is 3.38. The molecule has 1 atom stereocenters. The minimum Gasteiger partial charge on any atom is -0.377 e. The molecule has 0 radical (unpaired) electrons. The van der Waals surface area contributed by atoms with Crippen LogP contribution in [0, 0.1) is 6.92 Å². The lowest BCUT2D eigenvalue weighted by atomic mass is 10.0. The van der Waals surface area contributed by atoms with Crippen molar-refractivity contribution in [3.8, 4) is 0 Å². The van der Waals surface area contributed by atoms with E-state index in [2.05, 4.69) is 83.8 Å². The molecule has 150 valence electrons. The molecule has 0 aliphatic carbocycles. The topological polar surface area (TPSA) is 25.0 Å². The average Bonchev–Trinajstić information content (AvgIpc) is 3.03. The van der Waals surface area contributed by atoms with Crippen molar-refractivity contribution in [2.24, 2.45) is 0 Å². The highest BCUT2D eigenvalue weighted by atomic mass is 16.5. The molecule has 1 heterocycles. The number of hydrogen-bond donors (Lipinski definition) is 1. The molecule has 0 aliphatic rings. The SMILES string of the molecule is CCC/C=C\C(=C(\C)C(C)OC)c1cc(/C=C(\C=C(\C)CC)CC)c(C)[nH]1. The molecule has 27 heavy (non-hydrogen) atoms. The van der Waals surface area contributed by atoms with Crippen LogP contribution in [0.5, 0.6) is 0 Å². The van der Waals surface area contributed by atoms with E-state index < -0.39 is 0 Å². The summed E-state index contributed by atoms with van der Waals surface area (Å²) in [6, 6.07) is 2.28. The number of hydrogen-bond acceptors (Lipinski definition) is 1. The molecule has 1 N–H and O–H groups in total. The molecule has 0 aromatic carbocycles. The van der Waals surface area contributed by atoms with Gasteiger partial charge in [0.05, 0.1) is 6.10 Å². The highest BCUT2D eigenvalue weighted by molar-refractivity contribution is 5.77. The van der Waals surface area contributed by atoms with Gasteiger partial charge < -0.3 is 9.72 Å². The Labute approximate surface area is 167 Å². The van der Waals surface area contributed by atoms with Crippen molar-refractivity contribution < 1.29 is 4.74 Å². The Morgan fingerprint density at radius 2 is 1.89 bits per heavy atom. The van der Waals surface area contributed by atoms with E-state index in [1.54, 1.807) is 7.11 Å². The van der Waals surface area contributed by atoms with E-state index >= 15 is 0 Å². The third kappa shape index (κ3) is 7.03. The van der Waals surface area contributed by atoms with Crippen molar-refractivity contribution >= 4 is 11.6 Å². The van der Waals surface area contributed by atoms with E-state index in [-0.39, 0.29) is 6.10 Å². The number of unbranched alkanes of at least 4 members (excludes halogenated alkanes) is 1. The summed E-state index contributed by atoms with van der Waals surface area (Å²) in [7, 11) is 1.77. The van der Waals surface area contributed by atoms with Gasteiger partial charge in [-0.3, -0.25) is 0 Å². The summed E-state index contributed by atoms with van der Waals surface area (Å²) < 4.78 is 5.57. The van der Waals surface area contributed by atoms with Crippen molar-refractivity contribution in [2.75, 3.05) is 7.11 Å². The van der Waals surface area contributed by atoms with Crippen LogP contribution in [-0.2, 0) is 4.74 Å². The number of H-pyrrole nitrogens is 1. The van der Waals surface area contributed by atoms with Crippen LogP contribution in [0.2, 0.25) is 0 Å². The highest BCUT2D eigenvalue weighted by Gasteiger charge is 2.12. The largest absolute Gasteiger partial charge is 0.377 e. The van der Waals surface area contributed by atoms with Crippen LogP contribution in [-0.4, -0.2) is 18.2 Å². The Hall–Kier alpha value is -1.80. The number of methoxy groups -OCH3 is 1. The second-order valence-electron chi connectivity index (χ2n) is 7.35. The standard InChI is InChI=1S/C25H39NO/c1-9-12-13-14-24(19(5)21(7)27-8)25-17-23(20(6)26-25)16-22(11-3)15-18(4)10-2/h13-17,21,26H,9-12H2,1-8H3/b14-13-,18-15-,22-16-,24-19+. The van der Waals surface area contributed by atoms with Crippen molar-refractivity contribution in [1.82, 2.24) is 4.98 Å². The van der Waals surface area contributed by atoms with Gasteiger partial charge in [0.25, 0.3) is 0 Å². The molecule has 0 aliphatic heterocycles. The normalized spacial score (nSPS) is 15.4. The molecule has 1 rings (SSSR count). The smallest absolute Gasteiger partial charge is 0.0759 e. The fraction of sp³-hybridized carbons (Fsp3) is 0.520.